The monoisotopic (exact) mass is 223 g/mol. The van der Waals surface area contributed by atoms with Crippen LogP contribution in [0.2, 0.25) is 0 Å². The van der Waals surface area contributed by atoms with Crippen molar-refractivity contribution in [2.24, 2.45) is 5.73 Å². The quantitative estimate of drug-likeness (QED) is 0.614. The number of nitrogens with two attached hydrogens (primary N) is 1. The van der Waals surface area contributed by atoms with Gasteiger partial charge in [-0.05, 0) is 50.5 Å². The Balaban J connectivity index is 2.47. The van der Waals surface area contributed by atoms with Crippen molar-refractivity contribution in [3.63, 3.8) is 0 Å². The van der Waals surface area contributed by atoms with Crippen molar-refractivity contribution < 1.29 is 0 Å². The lowest BCUT2D eigenvalue weighted by Gasteiger charge is -2.25. The fourth-order valence-electron chi connectivity index (χ4n) is 2.32. The maximum atomic E-state index is 5.80. The summed E-state index contributed by atoms with van der Waals surface area (Å²) in [4.78, 5) is 9.09. The van der Waals surface area contributed by atoms with Gasteiger partial charge in [0.1, 0.15) is 0 Å². The van der Waals surface area contributed by atoms with Gasteiger partial charge in [0.25, 0.3) is 0 Å². The van der Waals surface area contributed by atoms with E-state index in [1.807, 2.05) is 6.26 Å². The van der Waals surface area contributed by atoms with E-state index in [1.54, 1.807) is 11.8 Å². The Bertz CT molecular complexity index is 365. The summed E-state index contributed by atoms with van der Waals surface area (Å²) in [7, 11) is 0. The van der Waals surface area contributed by atoms with Crippen LogP contribution in [0.3, 0.4) is 0 Å². The molecule has 1 aromatic heterocycles. The number of hydrogen-bond donors (Lipinski definition) is 1. The van der Waals surface area contributed by atoms with Gasteiger partial charge in [-0.3, -0.25) is 0 Å². The highest BCUT2D eigenvalue weighted by molar-refractivity contribution is 7.98. The van der Waals surface area contributed by atoms with Crippen LogP contribution in [-0.4, -0.2) is 22.8 Å². The smallest absolute Gasteiger partial charge is 0.187 e. The van der Waals surface area contributed by atoms with Crippen LogP contribution in [0.5, 0.6) is 0 Å². The fraction of sp³-hybridized carbons (Fsp3) is 0.636. The topological polar surface area (TPSA) is 51.8 Å². The van der Waals surface area contributed by atoms with Crippen LogP contribution in [0.25, 0.3) is 0 Å². The van der Waals surface area contributed by atoms with E-state index < -0.39 is 0 Å². The van der Waals surface area contributed by atoms with Crippen LogP contribution in [0.1, 0.15) is 35.7 Å². The molecule has 82 valence electrons. The third kappa shape index (κ3) is 2.01. The Hall–Kier alpha value is -0.610. The minimum atomic E-state index is 0.477. The number of hydrogen-bond acceptors (Lipinski definition) is 4. The van der Waals surface area contributed by atoms with Gasteiger partial charge < -0.3 is 5.73 Å². The first-order valence-electron chi connectivity index (χ1n) is 5.37. The Labute approximate surface area is 94.9 Å². The predicted molar refractivity (Wildman–Crippen MR) is 63.3 cm³/mol. The van der Waals surface area contributed by atoms with Gasteiger partial charge in [0, 0.05) is 11.4 Å². The Morgan fingerprint density at radius 1 is 1.47 bits per heavy atom. The van der Waals surface area contributed by atoms with Crippen molar-refractivity contribution >= 4 is 11.8 Å². The normalized spacial score (nSPS) is 20.1. The van der Waals surface area contributed by atoms with E-state index in [-0.39, 0.29) is 0 Å². The molecule has 1 heterocycles. The number of fused-ring (bicyclic) bond motifs is 1. The van der Waals surface area contributed by atoms with Crippen LogP contribution < -0.4 is 5.73 Å². The molecule has 0 aromatic carbocycles. The van der Waals surface area contributed by atoms with E-state index in [2.05, 4.69) is 16.9 Å². The molecular weight excluding hydrogens is 206 g/mol. The highest BCUT2D eigenvalue weighted by Gasteiger charge is 2.23. The molecule has 0 saturated carbocycles. The van der Waals surface area contributed by atoms with Gasteiger partial charge in [0.2, 0.25) is 0 Å². The summed E-state index contributed by atoms with van der Waals surface area (Å²) in [6.07, 6.45) is 5.50. The molecule has 0 aliphatic heterocycles. The average molecular weight is 223 g/mol. The number of aromatic nitrogens is 2. The van der Waals surface area contributed by atoms with Gasteiger partial charge in [-0.2, -0.15) is 0 Å². The molecule has 1 aromatic rings. The zero-order valence-electron chi connectivity index (χ0n) is 9.29. The number of aryl methyl sites for hydroxylation is 2. The van der Waals surface area contributed by atoms with Crippen molar-refractivity contribution in [1.82, 2.24) is 9.97 Å². The largest absolute Gasteiger partial charge is 0.330 e. The van der Waals surface area contributed by atoms with E-state index in [0.717, 1.165) is 23.8 Å². The second-order valence-electron chi connectivity index (χ2n) is 3.98. The predicted octanol–water partition coefficient (Wildman–Crippen LogP) is 1.89. The highest BCUT2D eigenvalue weighted by Crippen LogP contribution is 2.32. The third-order valence-corrected chi connectivity index (χ3v) is 3.58. The second-order valence-corrected chi connectivity index (χ2v) is 4.75. The summed E-state index contributed by atoms with van der Waals surface area (Å²) in [6, 6.07) is 0. The van der Waals surface area contributed by atoms with E-state index in [0.29, 0.717) is 5.92 Å². The summed E-state index contributed by atoms with van der Waals surface area (Å²) < 4.78 is 0. The van der Waals surface area contributed by atoms with Gasteiger partial charge in [0.15, 0.2) is 5.16 Å². The SMILES string of the molecule is CSc1nc(C)c2c(n1)CCCC2CN. The van der Waals surface area contributed by atoms with Gasteiger partial charge >= 0.3 is 0 Å². The van der Waals surface area contributed by atoms with Crippen molar-refractivity contribution in [3.05, 3.63) is 17.0 Å². The third-order valence-electron chi connectivity index (χ3n) is 3.04. The maximum Gasteiger partial charge on any atom is 0.187 e. The molecule has 0 bridgehead atoms. The summed E-state index contributed by atoms with van der Waals surface area (Å²) in [6.45, 7) is 2.80. The zero-order valence-corrected chi connectivity index (χ0v) is 10.1. The number of nitrogens with zero attached hydrogens (tertiary/aromatic N) is 2. The minimum Gasteiger partial charge on any atom is -0.330 e. The molecule has 0 spiro atoms. The molecule has 1 aliphatic rings. The Morgan fingerprint density at radius 3 is 2.93 bits per heavy atom. The molecule has 2 N–H and O–H groups in total. The lowest BCUT2D eigenvalue weighted by molar-refractivity contribution is 0.537. The van der Waals surface area contributed by atoms with E-state index in [4.69, 9.17) is 5.73 Å². The molecule has 0 amide bonds. The van der Waals surface area contributed by atoms with Gasteiger partial charge in [-0.1, -0.05) is 11.8 Å². The van der Waals surface area contributed by atoms with Gasteiger partial charge in [0.05, 0.1) is 0 Å². The number of thioether (sulfide) groups is 1. The first-order valence-corrected chi connectivity index (χ1v) is 6.60. The molecule has 2 rings (SSSR count). The lowest BCUT2D eigenvalue weighted by Crippen LogP contribution is -2.21. The van der Waals surface area contributed by atoms with Crippen LogP contribution >= 0.6 is 11.8 Å². The first kappa shape index (κ1) is 10.9. The lowest BCUT2D eigenvalue weighted by atomic mass is 9.85. The summed E-state index contributed by atoms with van der Waals surface area (Å²) in [5.74, 6) is 0.477. The molecule has 3 nitrogen and oxygen atoms in total. The maximum absolute atomic E-state index is 5.80. The van der Waals surface area contributed by atoms with Crippen molar-refractivity contribution in [2.45, 2.75) is 37.3 Å². The van der Waals surface area contributed by atoms with Crippen LogP contribution in [0.4, 0.5) is 0 Å². The van der Waals surface area contributed by atoms with Crippen LogP contribution in [-0.2, 0) is 6.42 Å². The van der Waals surface area contributed by atoms with Crippen LogP contribution in [0.15, 0.2) is 5.16 Å². The number of rotatable bonds is 2. The summed E-state index contributed by atoms with van der Waals surface area (Å²) in [5.41, 5.74) is 9.47. The molecule has 0 radical (unpaired) electrons. The van der Waals surface area contributed by atoms with E-state index in [1.165, 1.54) is 24.1 Å². The van der Waals surface area contributed by atoms with Gasteiger partial charge in [-0.15, -0.1) is 0 Å². The molecule has 1 unspecified atom stereocenters. The standard InChI is InChI=1S/C11H17N3S/c1-7-10-8(6-12)4-3-5-9(10)14-11(13-7)15-2/h8H,3-6,12H2,1-2H3. The molecular formula is C11H17N3S. The van der Waals surface area contributed by atoms with Crippen molar-refractivity contribution in [1.29, 1.82) is 0 Å². The molecule has 15 heavy (non-hydrogen) atoms. The van der Waals surface area contributed by atoms with Crippen molar-refractivity contribution in [3.8, 4) is 0 Å². The minimum absolute atomic E-state index is 0.477. The van der Waals surface area contributed by atoms with E-state index in [9.17, 15) is 0 Å². The van der Waals surface area contributed by atoms with Crippen LogP contribution in [0, 0.1) is 6.92 Å². The molecule has 0 fully saturated rings. The van der Waals surface area contributed by atoms with E-state index >= 15 is 0 Å². The Morgan fingerprint density at radius 2 is 2.27 bits per heavy atom. The second kappa shape index (κ2) is 4.49. The molecule has 4 heteroatoms. The molecule has 1 aliphatic carbocycles. The summed E-state index contributed by atoms with van der Waals surface area (Å²) >= 11 is 1.61. The highest BCUT2D eigenvalue weighted by atomic mass is 32.2. The van der Waals surface area contributed by atoms with Gasteiger partial charge in [-0.25, -0.2) is 9.97 Å². The molecule has 0 saturated heterocycles. The molecule has 1 atom stereocenters. The zero-order chi connectivity index (χ0) is 10.8. The summed E-state index contributed by atoms with van der Waals surface area (Å²) in [5, 5.41) is 0.893. The first-order chi connectivity index (χ1) is 7.26. The fourth-order valence-corrected chi connectivity index (χ4v) is 2.75. The average Bonchev–Trinajstić information content (AvgIpc) is 2.27. The Kier molecular flexibility index (Phi) is 3.26. The van der Waals surface area contributed by atoms with Crippen molar-refractivity contribution in [2.75, 3.05) is 12.8 Å².